The summed E-state index contributed by atoms with van der Waals surface area (Å²) < 4.78 is 45.0. The van der Waals surface area contributed by atoms with Gasteiger partial charge in [0.2, 0.25) is 5.95 Å². The van der Waals surface area contributed by atoms with Crippen molar-refractivity contribution in [3.05, 3.63) is 65.2 Å². The molecule has 0 bridgehead atoms. The van der Waals surface area contributed by atoms with Gasteiger partial charge in [-0.05, 0) is 36.8 Å². The molecule has 0 spiro atoms. The largest absolute Gasteiger partial charge is 0.508 e. The number of ether oxygens (including phenoxy) is 1. The van der Waals surface area contributed by atoms with Crippen LogP contribution in [0.15, 0.2) is 48.5 Å². The lowest BCUT2D eigenvalue weighted by atomic mass is 10.1. The number of hydrogen-bond donors (Lipinski definition) is 1. The van der Waals surface area contributed by atoms with Crippen LogP contribution in [0.5, 0.6) is 5.75 Å². The zero-order valence-corrected chi connectivity index (χ0v) is 18.0. The van der Waals surface area contributed by atoms with Gasteiger partial charge in [-0.1, -0.05) is 18.2 Å². The number of nitrogens with zero attached hydrogens (tertiary/aromatic N) is 4. The Kier molecular flexibility index (Phi) is 5.60. The fraction of sp³-hybridized carbons (Fsp3) is 0.292. The molecule has 3 aromatic rings. The normalized spacial score (nSPS) is 16.0. The molecule has 2 aliphatic heterocycles. The van der Waals surface area contributed by atoms with E-state index in [-0.39, 0.29) is 17.9 Å². The fourth-order valence-corrected chi connectivity index (χ4v) is 4.22. The van der Waals surface area contributed by atoms with Gasteiger partial charge in [-0.25, -0.2) is 4.98 Å². The summed E-state index contributed by atoms with van der Waals surface area (Å²) in [6, 6.07) is 11.0. The molecule has 1 aromatic heterocycles. The maximum atomic E-state index is 13.3. The van der Waals surface area contributed by atoms with Gasteiger partial charge in [-0.3, -0.25) is 9.69 Å². The summed E-state index contributed by atoms with van der Waals surface area (Å²) in [4.78, 5) is 26.1. The monoisotopic (exact) mass is 470 g/mol. The van der Waals surface area contributed by atoms with Crippen molar-refractivity contribution in [3.8, 4) is 17.0 Å². The lowest BCUT2D eigenvalue weighted by Gasteiger charge is -2.28. The highest BCUT2D eigenvalue weighted by Gasteiger charge is 2.34. The smallest absolute Gasteiger partial charge is 0.416 e. The van der Waals surface area contributed by atoms with E-state index in [2.05, 4.69) is 4.98 Å². The molecule has 1 saturated heterocycles. The Morgan fingerprint density at radius 3 is 2.50 bits per heavy atom. The van der Waals surface area contributed by atoms with Crippen LogP contribution in [0.2, 0.25) is 0 Å². The number of halogens is 3. The lowest BCUT2D eigenvalue weighted by Crippen LogP contribution is -2.38. The van der Waals surface area contributed by atoms with Crippen LogP contribution in [-0.2, 0) is 17.3 Å². The van der Waals surface area contributed by atoms with Crippen molar-refractivity contribution in [1.82, 2.24) is 9.97 Å². The summed E-state index contributed by atoms with van der Waals surface area (Å²) >= 11 is 0. The van der Waals surface area contributed by atoms with Crippen molar-refractivity contribution in [2.75, 3.05) is 42.6 Å². The molecular weight excluding hydrogens is 449 g/mol. The highest BCUT2D eigenvalue weighted by atomic mass is 19.4. The van der Waals surface area contributed by atoms with E-state index in [0.29, 0.717) is 61.3 Å². The van der Waals surface area contributed by atoms with Crippen molar-refractivity contribution in [1.29, 1.82) is 0 Å². The van der Waals surface area contributed by atoms with Gasteiger partial charge >= 0.3 is 6.18 Å². The molecule has 1 amide bonds. The van der Waals surface area contributed by atoms with Crippen LogP contribution < -0.4 is 9.80 Å². The summed E-state index contributed by atoms with van der Waals surface area (Å²) in [6.07, 6.45) is -4.11. The van der Waals surface area contributed by atoms with Gasteiger partial charge in [-0.2, -0.15) is 18.2 Å². The minimum atomic E-state index is -4.55. The standard InChI is InChI=1S/C24H21F3N4O3/c25-24(26,27)17-5-1-4-16(13-17)22(33)31-8-7-19-20(15-3-2-6-18(32)14-15)28-23(29-21(19)31)30-9-11-34-12-10-30/h1-6,13-14,32H,7-12H2. The van der Waals surface area contributed by atoms with Crippen molar-refractivity contribution in [3.63, 3.8) is 0 Å². The summed E-state index contributed by atoms with van der Waals surface area (Å²) in [5.41, 5.74) is 1.02. The summed E-state index contributed by atoms with van der Waals surface area (Å²) in [5.74, 6) is 0.299. The molecule has 1 fully saturated rings. The zero-order valence-electron chi connectivity index (χ0n) is 18.0. The number of aromatic hydroxyl groups is 1. The maximum Gasteiger partial charge on any atom is 0.416 e. The first kappa shape index (κ1) is 22.1. The average Bonchev–Trinajstić information content (AvgIpc) is 3.27. The number of anilines is 2. The van der Waals surface area contributed by atoms with E-state index in [9.17, 15) is 23.1 Å². The van der Waals surface area contributed by atoms with E-state index in [4.69, 9.17) is 9.72 Å². The van der Waals surface area contributed by atoms with E-state index in [1.807, 2.05) is 11.0 Å². The van der Waals surface area contributed by atoms with E-state index in [1.54, 1.807) is 18.2 Å². The van der Waals surface area contributed by atoms with Crippen molar-refractivity contribution in [2.45, 2.75) is 12.6 Å². The predicted molar refractivity (Wildman–Crippen MR) is 119 cm³/mol. The van der Waals surface area contributed by atoms with Crippen LogP contribution in [0.1, 0.15) is 21.5 Å². The van der Waals surface area contributed by atoms with Crippen molar-refractivity contribution >= 4 is 17.7 Å². The van der Waals surface area contributed by atoms with Crippen LogP contribution in [0.3, 0.4) is 0 Å². The number of hydrogen-bond acceptors (Lipinski definition) is 6. The molecule has 0 radical (unpaired) electrons. The van der Waals surface area contributed by atoms with E-state index in [1.165, 1.54) is 17.0 Å². The van der Waals surface area contributed by atoms with Gasteiger partial charge in [0, 0.05) is 36.3 Å². The van der Waals surface area contributed by atoms with Crippen LogP contribution in [0.4, 0.5) is 24.9 Å². The number of carbonyl (C=O) groups excluding carboxylic acids is 1. The van der Waals surface area contributed by atoms with Gasteiger partial charge < -0.3 is 14.7 Å². The van der Waals surface area contributed by atoms with Crippen molar-refractivity contribution < 1.29 is 27.8 Å². The van der Waals surface area contributed by atoms with Crippen molar-refractivity contribution in [2.24, 2.45) is 0 Å². The quantitative estimate of drug-likeness (QED) is 0.626. The molecular formula is C24H21F3N4O3. The Hall–Kier alpha value is -3.66. The maximum absolute atomic E-state index is 13.3. The molecule has 0 atom stereocenters. The number of carbonyl (C=O) groups is 1. The Bertz CT molecular complexity index is 1240. The first-order valence-corrected chi connectivity index (χ1v) is 10.8. The summed E-state index contributed by atoms with van der Waals surface area (Å²) in [7, 11) is 0. The molecule has 0 unspecified atom stereocenters. The molecule has 0 saturated carbocycles. The summed E-state index contributed by atoms with van der Waals surface area (Å²) in [5, 5.41) is 9.99. The minimum Gasteiger partial charge on any atom is -0.508 e. The molecule has 5 rings (SSSR count). The van der Waals surface area contributed by atoms with Gasteiger partial charge in [0.25, 0.3) is 5.91 Å². The first-order valence-electron chi connectivity index (χ1n) is 10.8. The second kappa shape index (κ2) is 8.60. The number of benzene rings is 2. The number of amides is 1. The number of aromatic nitrogens is 2. The van der Waals surface area contributed by atoms with E-state index >= 15 is 0 Å². The molecule has 7 nitrogen and oxygen atoms in total. The number of alkyl halides is 3. The number of fused-ring (bicyclic) bond motifs is 1. The van der Waals surface area contributed by atoms with Gasteiger partial charge in [0.1, 0.15) is 11.6 Å². The van der Waals surface area contributed by atoms with Crippen LogP contribution in [-0.4, -0.2) is 53.8 Å². The number of phenols is 1. The Morgan fingerprint density at radius 1 is 1.00 bits per heavy atom. The van der Waals surface area contributed by atoms with Gasteiger partial charge in [-0.15, -0.1) is 0 Å². The van der Waals surface area contributed by atoms with Gasteiger partial charge in [0.05, 0.1) is 24.5 Å². The molecule has 2 aliphatic rings. The molecule has 10 heteroatoms. The third-order valence-corrected chi connectivity index (χ3v) is 5.91. The molecule has 3 heterocycles. The number of phenolic OH excluding ortho intramolecular Hbond substituents is 1. The highest BCUT2D eigenvalue weighted by molar-refractivity contribution is 6.07. The van der Waals surface area contributed by atoms with E-state index < -0.39 is 17.6 Å². The van der Waals surface area contributed by atoms with Gasteiger partial charge in [0.15, 0.2) is 0 Å². The fourth-order valence-electron chi connectivity index (χ4n) is 4.22. The Labute approximate surface area is 193 Å². The SMILES string of the molecule is O=C(c1cccc(C(F)(F)F)c1)N1CCc2c(-c3cccc(O)c3)nc(N3CCOCC3)nc21. The topological polar surface area (TPSA) is 78.8 Å². The molecule has 34 heavy (non-hydrogen) atoms. The second-order valence-corrected chi connectivity index (χ2v) is 8.11. The predicted octanol–water partition coefficient (Wildman–Crippen LogP) is 3.91. The molecule has 0 aliphatic carbocycles. The molecule has 2 aromatic carbocycles. The summed E-state index contributed by atoms with van der Waals surface area (Å²) in [6.45, 7) is 2.42. The first-order chi connectivity index (χ1) is 16.3. The lowest BCUT2D eigenvalue weighted by molar-refractivity contribution is -0.137. The Morgan fingerprint density at radius 2 is 1.76 bits per heavy atom. The third-order valence-electron chi connectivity index (χ3n) is 5.91. The minimum absolute atomic E-state index is 0.0619. The average molecular weight is 470 g/mol. The van der Waals surface area contributed by atoms with E-state index in [0.717, 1.165) is 12.1 Å². The number of morpholine rings is 1. The van der Waals surface area contributed by atoms with Crippen LogP contribution in [0.25, 0.3) is 11.3 Å². The third kappa shape index (κ3) is 4.16. The molecule has 1 N–H and O–H groups in total. The highest BCUT2D eigenvalue weighted by Crippen LogP contribution is 2.37. The van der Waals surface area contributed by atoms with Crippen LogP contribution in [0, 0.1) is 0 Å². The van der Waals surface area contributed by atoms with Crippen LogP contribution >= 0.6 is 0 Å². The number of rotatable bonds is 3. The zero-order chi connectivity index (χ0) is 23.9. The molecule has 176 valence electrons. The Balaban J connectivity index is 1.59. The second-order valence-electron chi connectivity index (χ2n) is 8.11.